The molecule has 0 aromatic heterocycles. The van der Waals surface area contributed by atoms with Crippen molar-refractivity contribution >= 4 is 5.78 Å². The van der Waals surface area contributed by atoms with Crippen LogP contribution in [0.4, 0.5) is 0 Å². The van der Waals surface area contributed by atoms with Gasteiger partial charge >= 0.3 is 0 Å². The predicted molar refractivity (Wildman–Crippen MR) is 60.2 cm³/mol. The van der Waals surface area contributed by atoms with Crippen LogP contribution in [0.2, 0.25) is 0 Å². The van der Waals surface area contributed by atoms with E-state index in [4.69, 9.17) is 5.73 Å². The fourth-order valence-electron chi connectivity index (χ4n) is 1.41. The molecular weight excluding hydrogens is 176 g/mol. The maximum absolute atomic E-state index is 11.5. The number of carbonyl (C=O) groups excluding carboxylic acids is 1. The van der Waals surface area contributed by atoms with Gasteiger partial charge in [0.15, 0.2) is 0 Å². The van der Waals surface area contributed by atoms with E-state index in [-0.39, 0.29) is 5.92 Å². The van der Waals surface area contributed by atoms with Crippen molar-refractivity contribution in [3.8, 4) is 0 Å². The Kier molecular flexibility index (Phi) is 7.71. The number of nitrogens with one attached hydrogen (secondary N) is 1. The minimum atomic E-state index is 0.147. The van der Waals surface area contributed by atoms with E-state index in [9.17, 15) is 4.79 Å². The van der Waals surface area contributed by atoms with Crippen molar-refractivity contribution in [3.05, 3.63) is 0 Å². The predicted octanol–water partition coefficient (Wildman–Crippen LogP) is 1.32. The van der Waals surface area contributed by atoms with Gasteiger partial charge in [-0.05, 0) is 25.9 Å². The molecule has 14 heavy (non-hydrogen) atoms. The van der Waals surface area contributed by atoms with E-state index in [2.05, 4.69) is 12.2 Å². The zero-order valence-corrected chi connectivity index (χ0v) is 9.68. The van der Waals surface area contributed by atoms with Gasteiger partial charge in [0, 0.05) is 18.4 Å². The molecule has 84 valence electrons. The normalized spacial score (nSPS) is 13.2. The standard InChI is InChI=1S/C11H24N2O/c1-4-13-10(6-5-7-12)8-11(14)9(2)3/h9-10,13H,4-8,12H2,1-3H3. The van der Waals surface area contributed by atoms with E-state index in [0.717, 1.165) is 19.4 Å². The highest BCUT2D eigenvalue weighted by molar-refractivity contribution is 5.80. The lowest BCUT2D eigenvalue weighted by atomic mass is 9.98. The van der Waals surface area contributed by atoms with Gasteiger partial charge in [0.05, 0.1) is 0 Å². The van der Waals surface area contributed by atoms with Crippen LogP contribution in [0.1, 0.15) is 40.0 Å². The second-order valence-electron chi connectivity index (χ2n) is 4.01. The van der Waals surface area contributed by atoms with Crippen LogP contribution in [0.15, 0.2) is 0 Å². The lowest BCUT2D eigenvalue weighted by Gasteiger charge is -2.17. The van der Waals surface area contributed by atoms with Crippen molar-refractivity contribution in [2.24, 2.45) is 11.7 Å². The van der Waals surface area contributed by atoms with Gasteiger partial charge in [-0.25, -0.2) is 0 Å². The van der Waals surface area contributed by atoms with Crippen LogP contribution < -0.4 is 11.1 Å². The number of ketones is 1. The molecule has 1 unspecified atom stereocenters. The summed E-state index contributed by atoms with van der Waals surface area (Å²) in [6.45, 7) is 7.59. The third-order valence-corrected chi connectivity index (χ3v) is 2.34. The molecule has 0 bridgehead atoms. The van der Waals surface area contributed by atoms with Crippen molar-refractivity contribution in [1.82, 2.24) is 5.32 Å². The Hall–Kier alpha value is -0.410. The van der Waals surface area contributed by atoms with E-state index in [1.54, 1.807) is 0 Å². The van der Waals surface area contributed by atoms with E-state index < -0.39 is 0 Å². The fraction of sp³-hybridized carbons (Fsp3) is 0.909. The minimum Gasteiger partial charge on any atom is -0.330 e. The Morgan fingerprint density at radius 2 is 2.07 bits per heavy atom. The van der Waals surface area contributed by atoms with Crippen molar-refractivity contribution in [3.63, 3.8) is 0 Å². The molecule has 3 nitrogen and oxygen atoms in total. The zero-order chi connectivity index (χ0) is 11.0. The van der Waals surface area contributed by atoms with E-state index >= 15 is 0 Å². The molecule has 0 aromatic carbocycles. The number of carbonyl (C=O) groups is 1. The summed E-state index contributed by atoms with van der Waals surface area (Å²) in [7, 11) is 0. The van der Waals surface area contributed by atoms with Crippen molar-refractivity contribution in [2.45, 2.75) is 46.1 Å². The average molecular weight is 200 g/mol. The highest BCUT2D eigenvalue weighted by Crippen LogP contribution is 2.07. The molecular formula is C11H24N2O. The summed E-state index contributed by atoms with van der Waals surface area (Å²) < 4.78 is 0. The first kappa shape index (κ1) is 13.6. The monoisotopic (exact) mass is 200 g/mol. The van der Waals surface area contributed by atoms with Gasteiger partial charge in [-0.2, -0.15) is 0 Å². The van der Waals surface area contributed by atoms with Gasteiger partial charge in [-0.15, -0.1) is 0 Å². The third-order valence-electron chi connectivity index (χ3n) is 2.34. The van der Waals surface area contributed by atoms with E-state index in [1.165, 1.54) is 0 Å². The molecule has 0 fully saturated rings. The number of nitrogens with two attached hydrogens (primary N) is 1. The summed E-state index contributed by atoms with van der Waals surface area (Å²) in [5.74, 6) is 0.488. The Balaban J connectivity index is 3.88. The van der Waals surface area contributed by atoms with Gasteiger partial charge in [0.25, 0.3) is 0 Å². The van der Waals surface area contributed by atoms with Gasteiger partial charge in [-0.3, -0.25) is 4.79 Å². The molecule has 0 aliphatic carbocycles. The summed E-state index contributed by atoms with van der Waals surface area (Å²) in [4.78, 5) is 11.5. The first-order chi connectivity index (χ1) is 6.61. The highest BCUT2D eigenvalue weighted by atomic mass is 16.1. The van der Waals surface area contributed by atoms with Gasteiger partial charge in [-0.1, -0.05) is 20.8 Å². The van der Waals surface area contributed by atoms with Crippen LogP contribution >= 0.6 is 0 Å². The summed E-state index contributed by atoms with van der Waals surface area (Å²) in [5, 5.41) is 3.33. The minimum absolute atomic E-state index is 0.147. The molecule has 0 radical (unpaired) electrons. The highest BCUT2D eigenvalue weighted by Gasteiger charge is 2.14. The summed E-state index contributed by atoms with van der Waals surface area (Å²) in [5.41, 5.74) is 5.45. The van der Waals surface area contributed by atoms with Crippen LogP contribution in [-0.4, -0.2) is 24.9 Å². The Bertz CT molecular complexity index is 157. The maximum Gasteiger partial charge on any atom is 0.136 e. The van der Waals surface area contributed by atoms with Crippen molar-refractivity contribution < 1.29 is 4.79 Å². The third kappa shape index (κ3) is 6.11. The lowest BCUT2D eigenvalue weighted by Crippen LogP contribution is -2.32. The smallest absolute Gasteiger partial charge is 0.136 e. The maximum atomic E-state index is 11.5. The molecule has 0 aliphatic heterocycles. The number of hydrogen-bond donors (Lipinski definition) is 2. The quantitative estimate of drug-likeness (QED) is 0.621. The van der Waals surface area contributed by atoms with Crippen LogP contribution in [0, 0.1) is 5.92 Å². The Morgan fingerprint density at radius 1 is 1.43 bits per heavy atom. The van der Waals surface area contributed by atoms with Crippen LogP contribution in [0.3, 0.4) is 0 Å². The second-order valence-corrected chi connectivity index (χ2v) is 4.01. The zero-order valence-electron chi connectivity index (χ0n) is 9.68. The molecule has 1 atom stereocenters. The summed E-state index contributed by atoms with van der Waals surface area (Å²) in [6.07, 6.45) is 2.64. The molecule has 3 N–H and O–H groups in total. The molecule has 0 saturated carbocycles. The second kappa shape index (κ2) is 7.94. The van der Waals surface area contributed by atoms with Crippen LogP contribution in [-0.2, 0) is 4.79 Å². The summed E-state index contributed by atoms with van der Waals surface area (Å²) >= 11 is 0. The number of hydrogen-bond acceptors (Lipinski definition) is 3. The van der Waals surface area contributed by atoms with Crippen molar-refractivity contribution in [1.29, 1.82) is 0 Å². The number of rotatable bonds is 8. The number of Topliss-reactive ketones (excluding diaryl/α,β-unsaturated/α-hetero) is 1. The summed E-state index contributed by atoms with van der Waals surface area (Å²) in [6, 6.07) is 0.318. The topological polar surface area (TPSA) is 55.1 Å². The molecule has 0 aliphatic rings. The first-order valence-electron chi connectivity index (χ1n) is 5.58. The van der Waals surface area contributed by atoms with E-state index in [1.807, 2.05) is 13.8 Å². The van der Waals surface area contributed by atoms with E-state index in [0.29, 0.717) is 24.8 Å². The average Bonchev–Trinajstić information content (AvgIpc) is 2.14. The molecule has 0 saturated heterocycles. The Morgan fingerprint density at radius 3 is 2.50 bits per heavy atom. The largest absolute Gasteiger partial charge is 0.330 e. The van der Waals surface area contributed by atoms with Crippen LogP contribution in [0.5, 0.6) is 0 Å². The molecule has 0 aromatic rings. The lowest BCUT2D eigenvalue weighted by molar-refractivity contribution is -0.122. The van der Waals surface area contributed by atoms with Crippen molar-refractivity contribution in [2.75, 3.05) is 13.1 Å². The molecule has 0 rings (SSSR count). The first-order valence-corrected chi connectivity index (χ1v) is 5.58. The Labute approximate surface area is 87.4 Å². The molecule has 0 spiro atoms. The molecule has 0 amide bonds. The van der Waals surface area contributed by atoms with Gasteiger partial charge < -0.3 is 11.1 Å². The molecule has 3 heteroatoms. The SMILES string of the molecule is CCNC(CCCN)CC(=O)C(C)C. The van der Waals surface area contributed by atoms with Gasteiger partial charge in [0.1, 0.15) is 5.78 Å². The fourth-order valence-corrected chi connectivity index (χ4v) is 1.41. The van der Waals surface area contributed by atoms with Crippen LogP contribution in [0.25, 0.3) is 0 Å². The van der Waals surface area contributed by atoms with Gasteiger partial charge in [0.2, 0.25) is 0 Å². The molecule has 0 heterocycles.